The molecule has 13 rings (SSSR count). The molecular formula is C67H71F2N11O11S. The van der Waals surface area contributed by atoms with Crippen molar-refractivity contribution in [3.63, 3.8) is 0 Å². The summed E-state index contributed by atoms with van der Waals surface area (Å²) in [7, 11) is 1.08. The van der Waals surface area contributed by atoms with E-state index in [1.165, 1.54) is 40.8 Å². The molecule has 0 saturated carbocycles. The smallest absolute Gasteiger partial charge is 0.319 e. The third kappa shape index (κ3) is 11.3. The molecule has 4 saturated heterocycles. The molecule has 92 heavy (non-hydrogen) atoms. The third-order valence-corrected chi connectivity index (χ3v) is 20.6. The first-order valence-electron chi connectivity index (χ1n) is 31.0. The minimum absolute atomic E-state index is 0.0103. The molecule has 2 unspecified atom stereocenters. The SMILES string of the molecule is C#Cc1c(F)ccc2cc(O)cc(-c3ncc4c(N5C[C@H]6CC[C@H]7CC5N67)nc(OC[C@@]5(C(=O)NCCOCCOc6ccc7c(c6)O[C@H](C)CN(Cc6cc(C(CC(=O)OCC)c8cc(OC)c9c(c8)nnn9C)ccc6C)S7(=O)=O)CCCN5C)nc4c3F)c12. The fourth-order valence-corrected chi connectivity index (χ4v) is 15.7. The van der Waals surface area contributed by atoms with Gasteiger partial charge in [0, 0.05) is 67.9 Å². The molecule has 4 fully saturated rings. The van der Waals surface area contributed by atoms with Gasteiger partial charge in [0.2, 0.25) is 15.9 Å². The lowest BCUT2D eigenvalue weighted by molar-refractivity contribution is -0.143. The van der Waals surface area contributed by atoms with Gasteiger partial charge < -0.3 is 43.7 Å². The molecular weight excluding hydrogens is 1200 g/mol. The number of halogens is 2. The van der Waals surface area contributed by atoms with Gasteiger partial charge >= 0.3 is 12.0 Å². The Labute approximate surface area is 530 Å². The van der Waals surface area contributed by atoms with Crippen LogP contribution in [-0.4, -0.2) is 173 Å². The molecule has 0 radical (unpaired) electrons. The van der Waals surface area contributed by atoms with Crippen LogP contribution in [0.2, 0.25) is 0 Å². The average molecular weight is 1280 g/mol. The number of anilines is 1. The summed E-state index contributed by atoms with van der Waals surface area (Å²) < 4.78 is 101. The Hall–Kier alpha value is -8.80. The second-order valence-corrected chi connectivity index (χ2v) is 26.2. The number of benzene rings is 5. The number of likely N-dealkylation sites (tertiary alicyclic amines) is 1. The van der Waals surface area contributed by atoms with E-state index in [4.69, 9.17) is 39.8 Å². The maximum absolute atomic E-state index is 17.4. The lowest BCUT2D eigenvalue weighted by atomic mass is 9.86. The second-order valence-electron chi connectivity index (χ2n) is 24.3. The van der Waals surface area contributed by atoms with Crippen LogP contribution in [-0.2, 0) is 42.7 Å². The van der Waals surface area contributed by atoms with Gasteiger partial charge in [-0.2, -0.15) is 14.3 Å². The minimum atomic E-state index is -4.11. The van der Waals surface area contributed by atoms with Crippen molar-refractivity contribution in [3.05, 3.63) is 118 Å². The van der Waals surface area contributed by atoms with Crippen LogP contribution in [0.1, 0.15) is 86.1 Å². The molecule has 25 heteroatoms. The minimum Gasteiger partial charge on any atom is -0.508 e. The predicted octanol–water partition coefficient (Wildman–Crippen LogP) is 7.90. The number of fused-ring (bicyclic) bond motifs is 4. The molecule has 6 atom stereocenters. The van der Waals surface area contributed by atoms with Crippen molar-refractivity contribution in [1.29, 1.82) is 0 Å². The average Bonchev–Trinajstić information content (AvgIpc) is 1.49. The number of amides is 1. The monoisotopic (exact) mass is 1280 g/mol. The topological polar surface area (TPSA) is 238 Å². The molecule has 3 aromatic heterocycles. The van der Waals surface area contributed by atoms with E-state index in [0.29, 0.717) is 77.1 Å². The van der Waals surface area contributed by atoms with Gasteiger partial charge in [0.25, 0.3) is 0 Å². The molecule has 5 aliphatic heterocycles. The quantitative estimate of drug-likeness (QED) is 0.0395. The number of hydrogen-bond acceptors (Lipinski definition) is 19. The van der Waals surface area contributed by atoms with Gasteiger partial charge in [0.05, 0.1) is 57.0 Å². The Bertz CT molecular complexity index is 4400. The number of nitrogens with one attached hydrogen (secondary N) is 1. The highest BCUT2D eigenvalue weighted by Gasteiger charge is 2.55. The van der Waals surface area contributed by atoms with Gasteiger partial charge in [-0.1, -0.05) is 35.4 Å². The Morgan fingerprint density at radius 2 is 1.82 bits per heavy atom. The number of ether oxygens (including phenoxy) is 6. The standard InChI is InChI=1S/C67H71F2N11O11S/c1-8-48-52(68)17-13-41-26-46(81)30-50(59(41)48)61-60(69)62-51(33-71-61)64(79-36-45-15-14-44-29-57(79)80(44)45)73-66(72-62)90-37-67(19-10-21-76(67)5)65(83)70-20-22-87-23-24-89-47-16-18-56-54(31-47)91-39(4)34-78(92(56,84)85)35-43-25-40(12-11-38(43)3)49(32-58(82)88-9-2)42-27-53-63(55(28-42)86-7)77(6)75-74-53/h1,11-13,16-18,25-28,30-31,33,39,44-45,49,57,81H,9-10,14-15,19-24,29,32,34-37H2,2-7H3,(H,70,83)/t39-,44+,45-,49?,57?,67-/m1/s1. The summed E-state index contributed by atoms with van der Waals surface area (Å²) in [6, 6.07) is 20.2. The molecule has 2 N–H and O–H groups in total. The van der Waals surface area contributed by atoms with Crippen LogP contribution in [0.15, 0.2) is 83.9 Å². The van der Waals surface area contributed by atoms with Gasteiger partial charge in [-0.25, -0.2) is 21.9 Å². The zero-order valence-electron chi connectivity index (χ0n) is 51.9. The first kappa shape index (κ1) is 62.0. The largest absolute Gasteiger partial charge is 0.508 e. The maximum Gasteiger partial charge on any atom is 0.319 e. The summed E-state index contributed by atoms with van der Waals surface area (Å²) in [6.45, 7) is 7.43. The van der Waals surface area contributed by atoms with Crippen molar-refractivity contribution in [2.24, 2.45) is 7.05 Å². The molecule has 480 valence electrons. The van der Waals surface area contributed by atoms with Gasteiger partial charge in [-0.15, -0.1) is 11.5 Å². The zero-order valence-corrected chi connectivity index (χ0v) is 52.8. The number of aromatic nitrogens is 6. The number of phenolic OH excluding ortho intramolecular Hbond substituents is 1. The molecule has 22 nitrogen and oxygen atoms in total. The van der Waals surface area contributed by atoms with Crippen molar-refractivity contribution in [3.8, 4) is 52.6 Å². The molecule has 5 aliphatic rings. The Morgan fingerprint density at radius 1 is 0.978 bits per heavy atom. The van der Waals surface area contributed by atoms with Crippen LogP contribution in [0, 0.1) is 30.9 Å². The van der Waals surface area contributed by atoms with E-state index in [1.807, 2.05) is 49.2 Å². The van der Waals surface area contributed by atoms with E-state index in [2.05, 4.69) is 41.3 Å². The lowest BCUT2D eigenvalue weighted by Gasteiger charge is -2.45. The lowest BCUT2D eigenvalue weighted by Crippen LogP contribution is -2.58. The van der Waals surface area contributed by atoms with Crippen molar-refractivity contribution in [1.82, 2.24) is 49.4 Å². The number of sulfonamides is 1. The number of likely N-dealkylation sites (N-methyl/N-ethyl adjacent to an activating group) is 1. The van der Waals surface area contributed by atoms with Crippen LogP contribution in [0.3, 0.4) is 0 Å². The number of aryl methyl sites for hydroxylation is 2. The summed E-state index contributed by atoms with van der Waals surface area (Å²) in [5, 5.41) is 23.3. The van der Waals surface area contributed by atoms with Crippen LogP contribution in [0.5, 0.6) is 29.0 Å². The van der Waals surface area contributed by atoms with Gasteiger partial charge in [-0.3, -0.25) is 24.4 Å². The maximum atomic E-state index is 17.4. The number of methoxy groups -OCH3 is 1. The van der Waals surface area contributed by atoms with Gasteiger partial charge in [0.15, 0.2) is 5.82 Å². The van der Waals surface area contributed by atoms with Crippen LogP contribution in [0.4, 0.5) is 14.6 Å². The van der Waals surface area contributed by atoms with Crippen LogP contribution in [0.25, 0.3) is 44.0 Å². The summed E-state index contributed by atoms with van der Waals surface area (Å²) in [6.07, 6.45) is 11.1. The number of pyridine rings is 1. The summed E-state index contributed by atoms with van der Waals surface area (Å²) in [5.74, 6) is 1.01. The Morgan fingerprint density at radius 3 is 2.60 bits per heavy atom. The summed E-state index contributed by atoms with van der Waals surface area (Å²) >= 11 is 0. The Kier molecular flexibility index (Phi) is 16.9. The van der Waals surface area contributed by atoms with Crippen molar-refractivity contribution >= 4 is 60.4 Å². The van der Waals surface area contributed by atoms with Crippen molar-refractivity contribution in [2.45, 2.75) is 107 Å². The fraction of sp³-hybridized carbons (Fsp3) is 0.418. The summed E-state index contributed by atoms with van der Waals surface area (Å²) in [5.41, 5.74) is 2.99. The molecule has 8 heterocycles. The van der Waals surface area contributed by atoms with Gasteiger partial charge in [-0.05, 0) is 137 Å². The number of esters is 1. The molecule has 8 aromatic rings. The molecule has 5 aromatic carbocycles. The number of hydrogen-bond donors (Lipinski definition) is 2. The molecule has 0 aliphatic carbocycles. The third-order valence-electron chi connectivity index (χ3n) is 18.8. The van der Waals surface area contributed by atoms with Crippen molar-refractivity contribution in [2.75, 3.05) is 78.3 Å². The highest BCUT2D eigenvalue weighted by molar-refractivity contribution is 7.89. The normalized spacial score (nSPS) is 21.3. The first-order valence-corrected chi connectivity index (χ1v) is 32.4. The van der Waals surface area contributed by atoms with E-state index < -0.39 is 45.2 Å². The number of terminal acetylenes is 1. The van der Waals surface area contributed by atoms with E-state index in [0.717, 1.165) is 41.5 Å². The number of carbonyl (C=O) groups excluding carboxylic acids is 2. The molecule has 0 spiro atoms. The summed E-state index contributed by atoms with van der Waals surface area (Å²) in [4.78, 5) is 48.2. The molecule has 0 bridgehead atoms. The van der Waals surface area contributed by atoms with Crippen LogP contribution >= 0.6 is 0 Å². The van der Waals surface area contributed by atoms with Crippen molar-refractivity contribution < 1.29 is 60.3 Å². The second kappa shape index (κ2) is 25.0. The number of carbonyl (C=O) groups is 2. The first-order chi connectivity index (χ1) is 44.4. The number of nitrogens with zero attached hydrogens (tertiary/aromatic N) is 10. The van der Waals surface area contributed by atoms with E-state index in [9.17, 15) is 23.1 Å². The van der Waals surface area contributed by atoms with Gasteiger partial charge in [0.1, 0.15) is 86.6 Å². The highest BCUT2D eigenvalue weighted by atomic mass is 32.2. The number of rotatable bonds is 21. The zero-order chi connectivity index (χ0) is 64.3. The van der Waals surface area contributed by atoms with Crippen LogP contribution < -0.4 is 29.2 Å². The highest BCUT2D eigenvalue weighted by Crippen LogP contribution is 2.49. The number of phenols is 1. The van der Waals surface area contributed by atoms with E-state index in [-0.39, 0.29) is 121 Å². The number of aromatic hydroxyl groups is 1. The van der Waals surface area contributed by atoms with E-state index in [1.54, 1.807) is 44.8 Å². The fourth-order valence-electron chi connectivity index (χ4n) is 14.1. The molecule has 1 amide bonds. The predicted molar refractivity (Wildman–Crippen MR) is 337 cm³/mol. The Balaban J connectivity index is 0.656. The van der Waals surface area contributed by atoms with E-state index >= 15 is 8.78 Å².